The molecule has 136 valence electrons. The van der Waals surface area contributed by atoms with Crippen LogP contribution >= 0.6 is 0 Å². The Morgan fingerprint density at radius 3 is 3.20 bits per heavy atom. The van der Waals surface area contributed by atoms with Gasteiger partial charge in [-0.05, 0) is 12.5 Å². The van der Waals surface area contributed by atoms with Crippen LogP contribution in [0, 0.1) is 0 Å². The van der Waals surface area contributed by atoms with Gasteiger partial charge in [0.05, 0.1) is 32.3 Å². The van der Waals surface area contributed by atoms with Crippen molar-refractivity contribution in [1.29, 1.82) is 0 Å². The van der Waals surface area contributed by atoms with E-state index in [-0.39, 0.29) is 11.9 Å². The van der Waals surface area contributed by atoms with Crippen molar-refractivity contribution in [2.75, 3.05) is 19.8 Å². The quantitative estimate of drug-likeness (QED) is 0.772. The lowest BCUT2D eigenvalue weighted by Crippen LogP contribution is -2.47. The second-order valence-electron chi connectivity index (χ2n) is 6.25. The summed E-state index contributed by atoms with van der Waals surface area (Å²) in [5.74, 6) is 0.782. The van der Waals surface area contributed by atoms with Crippen LogP contribution < -0.4 is 5.32 Å². The van der Waals surface area contributed by atoms with Gasteiger partial charge in [0.2, 0.25) is 5.91 Å². The van der Waals surface area contributed by atoms with Gasteiger partial charge in [0.1, 0.15) is 6.33 Å². The number of morpholine rings is 1. The number of hydrogen-bond acceptors (Lipinski definition) is 6. The molecule has 0 saturated carbocycles. The summed E-state index contributed by atoms with van der Waals surface area (Å²) in [6, 6.07) is 2.02. The SMILES string of the molecule is CCCn1cnnc1CNC(=O)CC1COCCN1Cc1ccoc1. The summed E-state index contributed by atoms with van der Waals surface area (Å²) in [5, 5.41) is 10.9. The topological polar surface area (TPSA) is 85.4 Å². The lowest BCUT2D eigenvalue weighted by atomic mass is 10.1. The molecule has 1 aliphatic heterocycles. The Morgan fingerprint density at radius 1 is 1.48 bits per heavy atom. The lowest BCUT2D eigenvalue weighted by Gasteiger charge is -2.34. The standard InChI is InChI=1S/C17H25N5O3/c1-2-4-22-13-19-20-16(22)9-18-17(23)8-15-12-25-7-5-21(15)10-14-3-6-24-11-14/h3,6,11,13,15H,2,4-5,7-10,12H2,1H3,(H,18,23). The molecule has 2 aromatic rings. The summed E-state index contributed by atoms with van der Waals surface area (Å²) < 4.78 is 12.7. The Bertz CT molecular complexity index is 655. The molecule has 1 fully saturated rings. The highest BCUT2D eigenvalue weighted by atomic mass is 16.5. The largest absolute Gasteiger partial charge is 0.472 e. The minimum Gasteiger partial charge on any atom is -0.472 e. The van der Waals surface area contributed by atoms with Crippen LogP contribution in [-0.2, 0) is 29.2 Å². The molecule has 0 aliphatic carbocycles. The molecule has 0 aromatic carbocycles. The maximum Gasteiger partial charge on any atom is 0.222 e. The second kappa shape index (κ2) is 8.77. The molecule has 1 aliphatic rings. The molecular formula is C17H25N5O3. The normalized spacial score (nSPS) is 18.4. The molecule has 1 amide bonds. The average Bonchev–Trinajstić information content (AvgIpc) is 3.27. The summed E-state index contributed by atoms with van der Waals surface area (Å²) in [7, 11) is 0. The molecule has 25 heavy (non-hydrogen) atoms. The predicted octanol–water partition coefficient (Wildman–Crippen LogP) is 1.19. The van der Waals surface area contributed by atoms with Gasteiger partial charge >= 0.3 is 0 Å². The van der Waals surface area contributed by atoms with Gasteiger partial charge in [-0.2, -0.15) is 0 Å². The molecule has 8 heteroatoms. The van der Waals surface area contributed by atoms with Crippen molar-refractivity contribution in [3.8, 4) is 0 Å². The van der Waals surface area contributed by atoms with Crippen LogP contribution in [0.25, 0.3) is 0 Å². The molecule has 3 rings (SSSR count). The van der Waals surface area contributed by atoms with E-state index >= 15 is 0 Å². The number of nitrogens with zero attached hydrogens (tertiary/aromatic N) is 4. The van der Waals surface area contributed by atoms with Crippen molar-refractivity contribution in [3.05, 3.63) is 36.3 Å². The number of amides is 1. The molecule has 0 spiro atoms. The Kier molecular flexibility index (Phi) is 6.19. The van der Waals surface area contributed by atoms with E-state index in [2.05, 4.69) is 27.3 Å². The molecule has 1 unspecified atom stereocenters. The van der Waals surface area contributed by atoms with Crippen molar-refractivity contribution >= 4 is 5.91 Å². The molecule has 2 aromatic heterocycles. The highest BCUT2D eigenvalue weighted by molar-refractivity contribution is 5.76. The minimum absolute atomic E-state index is 0.00116. The first kappa shape index (κ1) is 17.6. The van der Waals surface area contributed by atoms with E-state index in [1.54, 1.807) is 18.9 Å². The van der Waals surface area contributed by atoms with Crippen LogP contribution in [0.2, 0.25) is 0 Å². The zero-order valence-corrected chi connectivity index (χ0v) is 14.6. The van der Waals surface area contributed by atoms with Gasteiger partial charge in [-0.1, -0.05) is 6.92 Å². The van der Waals surface area contributed by atoms with Crippen LogP contribution in [0.3, 0.4) is 0 Å². The van der Waals surface area contributed by atoms with Gasteiger partial charge in [0.25, 0.3) is 0 Å². The van der Waals surface area contributed by atoms with E-state index in [4.69, 9.17) is 9.15 Å². The van der Waals surface area contributed by atoms with Gasteiger partial charge < -0.3 is 19.0 Å². The molecular weight excluding hydrogens is 322 g/mol. The van der Waals surface area contributed by atoms with Crippen LogP contribution in [0.1, 0.15) is 31.2 Å². The average molecular weight is 347 g/mol. The molecule has 3 heterocycles. The monoisotopic (exact) mass is 347 g/mol. The summed E-state index contributed by atoms with van der Waals surface area (Å²) in [4.78, 5) is 14.6. The van der Waals surface area contributed by atoms with E-state index in [0.717, 1.165) is 37.4 Å². The summed E-state index contributed by atoms with van der Waals surface area (Å²) in [6.07, 6.45) is 6.52. The van der Waals surface area contributed by atoms with Crippen LogP contribution in [0.15, 0.2) is 29.3 Å². The smallest absolute Gasteiger partial charge is 0.222 e. The molecule has 8 nitrogen and oxygen atoms in total. The molecule has 0 radical (unpaired) electrons. The van der Waals surface area contributed by atoms with Crippen molar-refractivity contribution in [3.63, 3.8) is 0 Å². The van der Waals surface area contributed by atoms with Gasteiger partial charge in [-0.3, -0.25) is 9.69 Å². The fourth-order valence-corrected chi connectivity index (χ4v) is 3.01. The number of aromatic nitrogens is 3. The fourth-order valence-electron chi connectivity index (χ4n) is 3.01. The maximum absolute atomic E-state index is 12.4. The molecule has 1 atom stereocenters. The number of hydrogen-bond donors (Lipinski definition) is 1. The van der Waals surface area contributed by atoms with E-state index < -0.39 is 0 Å². The summed E-state index contributed by atoms with van der Waals surface area (Å²) >= 11 is 0. The third-order valence-corrected chi connectivity index (χ3v) is 4.34. The van der Waals surface area contributed by atoms with Crippen molar-refractivity contribution in [2.24, 2.45) is 0 Å². The number of ether oxygens (including phenoxy) is 1. The minimum atomic E-state index is -0.00116. The molecule has 1 N–H and O–H groups in total. The first-order valence-electron chi connectivity index (χ1n) is 8.72. The lowest BCUT2D eigenvalue weighted by molar-refractivity contribution is -0.124. The zero-order chi connectivity index (χ0) is 17.5. The van der Waals surface area contributed by atoms with E-state index in [1.807, 2.05) is 10.6 Å². The van der Waals surface area contributed by atoms with E-state index in [9.17, 15) is 4.79 Å². The first-order chi connectivity index (χ1) is 12.3. The molecule has 1 saturated heterocycles. The number of furan rings is 1. The number of aryl methyl sites for hydroxylation is 1. The predicted molar refractivity (Wildman–Crippen MR) is 90.5 cm³/mol. The summed E-state index contributed by atoms with van der Waals surface area (Å²) in [5.41, 5.74) is 1.11. The Hall–Kier alpha value is -2.19. The van der Waals surface area contributed by atoms with Crippen LogP contribution in [0.5, 0.6) is 0 Å². The second-order valence-corrected chi connectivity index (χ2v) is 6.25. The van der Waals surface area contributed by atoms with Gasteiger partial charge in [-0.25, -0.2) is 0 Å². The Balaban J connectivity index is 1.50. The third-order valence-electron chi connectivity index (χ3n) is 4.34. The highest BCUT2D eigenvalue weighted by Crippen LogP contribution is 2.15. The number of carbonyl (C=O) groups excluding carboxylic acids is 1. The van der Waals surface area contributed by atoms with E-state index in [1.165, 1.54) is 0 Å². The fraction of sp³-hybridized carbons (Fsp3) is 0.588. The summed E-state index contributed by atoms with van der Waals surface area (Å²) in [6.45, 7) is 6.19. The Labute approximate surface area is 147 Å². The van der Waals surface area contributed by atoms with Crippen molar-refractivity contribution in [1.82, 2.24) is 25.0 Å². The maximum atomic E-state index is 12.4. The number of nitrogens with one attached hydrogen (secondary N) is 1. The van der Waals surface area contributed by atoms with Crippen LogP contribution in [0.4, 0.5) is 0 Å². The van der Waals surface area contributed by atoms with E-state index in [0.29, 0.717) is 26.2 Å². The molecule has 0 bridgehead atoms. The van der Waals surface area contributed by atoms with Gasteiger partial charge in [-0.15, -0.1) is 10.2 Å². The number of carbonyl (C=O) groups is 1. The first-order valence-corrected chi connectivity index (χ1v) is 8.72. The van der Waals surface area contributed by atoms with Gasteiger partial charge in [0, 0.05) is 37.7 Å². The van der Waals surface area contributed by atoms with Crippen molar-refractivity contribution < 1.29 is 13.9 Å². The zero-order valence-electron chi connectivity index (χ0n) is 14.6. The van der Waals surface area contributed by atoms with Gasteiger partial charge in [0.15, 0.2) is 5.82 Å². The third kappa shape index (κ3) is 4.90. The Morgan fingerprint density at radius 2 is 2.40 bits per heavy atom. The highest BCUT2D eigenvalue weighted by Gasteiger charge is 2.25. The van der Waals surface area contributed by atoms with Crippen LogP contribution in [-0.4, -0.2) is 51.4 Å². The van der Waals surface area contributed by atoms with Crippen molar-refractivity contribution in [2.45, 2.75) is 45.4 Å². The number of rotatable bonds is 8.